The van der Waals surface area contributed by atoms with Gasteiger partial charge in [0.15, 0.2) is 0 Å². The van der Waals surface area contributed by atoms with E-state index in [1.807, 2.05) is 7.05 Å². The maximum atomic E-state index is 11.6. The van der Waals surface area contributed by atoms with Crippen molar-refractivity contribution in [2.75, 3.05) is 20.3 Å². The average Bonchev–Trinajstić information content (AvgIpc) is 2.77. The molecule has 88 valence electrons. The summed E-state index contributed by atoms with van der Waals surface area (Å²) in [6.07, 6.45) is 2.79. The number of hydrogen-bond donors (Lipinski definition) is 2. The van der Waals surface area contributed by atoms with E-state index in [1.54, 1.807) is 0 Å². The lowest BCUT2D eigenvalue weighted by atomic mass is 10.1. The van der Waals surface area contributed by atoms with Crippen molar-refractivity contribution in [1.29, 1.82) is 0 Å². The van der Waals surface area contributed by atoms with Crippen molar-refractivity contribution in [3.63, 3.8) is 0 Å². The molecular formula is C10H21N3O2. The molecule has 2 atom stereocenters. The Bertz CT molecular complexity index is 205. The maximum absolute atomic E-state index is 11.6. The van der Waals surface area contributed by atoms with Crippen LogP contribution in [0, 0.1) is 0 Å². The third-order valence-electron chi connectivity index (χ3n) is 2.98. The van der Waals surface area contributed by atoms with Crippen LogP contribution < -0.4 is 11.3 Å². The summed E-state index contributed by atoms with van der Waals surface area (Å²) in [6.45, 7) is 3.57. The number of amides is 1. The van der Waals surface area contributed by atoms with Crippen molar-refractivity contribution in [1.82, 2.24) is 10.3 Å². The topological polar surface area (TPSA) is 67.6 Å². The molecule has 2 unspecified atom stereocenters. The Hall–Kier alpha value is -0.650. The third-order valence-corrected chi connectivity index (χ3v) is 2.98. The van der Waals surface area contributed by atoms with E-state index in [9.17, 15) is 4.79 Å². The second-order valence-corrected chi connectivity index (χ2v) is 4.00. The van der Waals surface area contributed by atoms with Gasteiger partial charge in [-0.1, -0.05) is 13.3 Å². The highest BCUT2D eigenvalue weighted by Gasteiger charge is 2.29. The first-order valence-electron chi connectivity index (χ1n) is 5.50. The average molecular weight is 215 g/mol. The number of ether oxygens (including phenoxy) is 1. The Kier molecular flexibility index (Phi) is 5.01. The van der Waals surface area contributed by atoms with Crippen LogP contribution in [-0.2, 0) is 9.53 Å². The van der Waals surface area contributed by atoms with Gasteiger partial charge in [0.2, 0.25) is 0 Å². The molecule has 1 rings (SSSR count). The standard InChI is InChI=1S/C10H21N3O2/c1-3-4-9(10(14)12-11)13(2)8-5-6-15-7-8/h8-9H,3-7,11H2,1-2H3,(H,12,14). The lowest BCUT2D eigenvalue weighted by molar-refractivity contribution is -0.127. The van der Waals surface area contributed by atoms with Crippen LogP contribution in [0.25, 0.3) is 0 Å². The first-order valence-corrected chi connectivity index (χ1v) is 5.50. The smallest absolute Gasteiger partial charge is 0.251 e. The molecule has 1 fully saturated rings. The summed E-state index contributed by atoms with van der Waals surface area (Å²) in [6, 6.07) is 0.213. The molecule has 0 aromatic rings. The molecule has 0 aliphatic carbocycles. The van der Waals surface area contributed by atoms with Crippen molar-refractivity contribution in [2.45, 2.75) is 38.3 Å². The van der Waals surface area contributed by atoms with Crippen molar-refractivity contribution < 1.29 is 9.53 Å². The molecule has 1 aliphatic heterocycles. The fourth-order valence-electron chi connectivity index (χ4n) is 1.99. The summed E-state index contributed by atoms with van der Waals surface area (Å²) in [7, 11) is 1.97. The zero-order chi connectivity index (χ0) is 11.3. The number of nitrogens with zero attached hydrogens (tertiary/aromatic N) is 1. The summed E-state index contributed by atoms with van der Waals surface area (Å²) >= 11 is 0. The number of nitrogens with two attached hydrogens (primary N) is 1. The van der Waals surface area contributed by atoms with Gasteiger partial charge in [-0.3, -0.25) is 15.1 Å². The normalized spacial score (nSPS) is 23.1. The van der Waals surface area contributed by atoms with Crippen molar-refractivity contribution >= 4 is 5.91 Å². The quantitative estimate of drug-likeness (QED) is 0.381. The van der Waals surface area contributed by atoms with Crippen LogP contribution in [0.4, 0.5) is 0 Å². The van der Waals surface area contributed by atoms with Crippen LogP contribution >= 0.6 is 0 Å². The van der Waals surface area contributed by atoms with E-state index in [0.717, 1.165) is 25.9 Å². The Balaban J connectivity index is 2.56. The third kappa shape index (κ3) is 3.15. The van der Waals surface area contributed by atoms with Gasteiger partial charge in [-0.05, 0) is 19.9 Å². The Morgan fingerprint density at radius 3 is 2.93 bits per heavy atom. The summed E-state index contributed by atoms with van der Waals surface area (Å²) in [5, 5.41) is 0. The lowest BCUT2D eigenvalue weighted by Gasteiger charge is -2.30. The zero-order valence-electron chi connectivity index (χ0n) is 9.53. The van der Waals surface area contributed by atoms with Gasteiger partial charge in [0.25, 0.3) is 5.91 Å². The van der Waals surface area contributed by atoms with Crippen LogP contribution in [0.5, 0.6) is 0 Å². The van der Waals surface area contributed by atoms with E-state index in [0.29, 0.717) is 12.6 Å². The highest BCUT2D eigenvalue weighted by Crippen LogP contribution is 2.16. The fraction of sp³-hybridized carbons (Fsp3) is 0.900. The fourth-order valence-corrected chi connectivity index (χ4v) is 1.99. The highest BCUT2D eigenvalue weighted by atomic mass is 16.5. The lowest BCUT2D eigenvalue weighted by Crippen LogP contribution is -2.51. The van der Waals surface area contributed by atoms with E-state index in [-0.39, 0.29) is 11.9 Å². The monoisotopic (exact) mass is 215 g/mol. The molecule has 1 aliphatic rings. The van der Waals surface area contributed by atoms with Gasteiger partial charge < -0.3 is 4.74 Å². The highest BCUT2D eigenvalue weighted by molar-refractivity contribution is 5.81. The molecule has 1 saturated heterocycles. The molecule has 5 nitrogen and oxygen atoms in total. The van der Waals surface area contributed by atoms with Crippen LogP contribution in [-0.4, -0.2) is 43.2 Å². The summed E-state index contributed by atoms with van der Waals surface area (Å²) in [4.78, 5) is 13.7. The predicted octanol–water partition coefficient (Wildman–Crippen LogP) is -0.134. The number of rotatable bonds is 5. The van der Waals surface area contributed by atoms with Crippen LogP contribution in [0.2, 0.25) is 0 Å². The summed E-state index contributed by atoms with van der Waals surface area (Å²) in [5.74, 6) is 5.08. The second kappa shape index (κ2) is 6.05. The minimum absolute atomic E-state index is 0.105. The number of likely N-dealkylation sites (N-methyl/N-ethyl adjacent to an activating group) is 1. The van der Waals surface area contributed by atoms with Crippen molar-refractivity contribution in [2.24, 2.45) is 5.84 Å². The van der Waals surface area contributed by atoms with Crippen molar-refractivity contribution in [3.8, 4) is 0 Å². The van der Waals surface area contributed by atoms with E-state index >= 15 is 0 Å². The van der Waals surface area contributed by atoms with Gasteiger partial charge in [0, 0.05) is 12.6 Å². The largest absolute Gasteiger partial charge is 0.380 e. The Morgan fingerprint density at radius 2 is 2.47 bits per heavy atom. The Labute approximate surface area is 90.9 Å². The molecule has 3 N–H and O–H groups in total. The van der Waals surface area contributed by atoms with E-state index in [4.69, 9.17) is 10.6 Å². The summed E-state index contributed by atoms with van der Waals surface area (Å²) < 4.78 is 5.32. The molecule has 0 bridgehead atoms. The first kappa shape index (κ1) is 12.4. The summed E-state index contributed by atoms with van der Waals surface area (Å²) in [5.41, 5.74) is 2.23. The number of hydrogen-bond acceptors (Lipinski definition) is 4. The molecule has 0 spiro atoms. The molecule has 0 aromatic carbocycles. The van der Waals surface area contributed by atoms with Crippen LogP contribution in [0.15, 0.2) is 0 Å². The molecule has 0 radical (unpaired) electrons. The molecular weight excluding hydrogens is 194 g/mol. The predicted molar refractivity (Wildman–Crippen MR) is 58.0 cm³/mol. The number of nitrogens with one attached hydrogen (secondary N) is 1. The van der Waals surface area contributed by atoms with Crippen LogP contribution in [0.3, 0.4) is 0 Å². The molecule has 0 saturated carbocycles. The second-order valence-electron chi connectivity index (χ2n) is 4.00. The van der Waals surface area contributed by atoms with Crippen LogP contribution in [0.1, 0.15) is 26.2 Å². The first-order chi connectivity index (χ1) is 7.20. The number of carbonyl (C=O) groups excluding carboxylic acids is 1. The van der Waals surface area contributed by atoms with Gasteiger partial charge in [0.1, 0.15) is 0 Å². The van der Waals surface area contributed by atoms with Gasteiger partial charge in [-0.25, -0.2) is 5.84 Å². The molecule has 5 heteroatoms. The Morgan fingerprint density at radius 1 is 1.73 bits per heavy atom. The van der Waals surface area contributed by atoms with Gasteiger partial charge in [-0.2, -0.15) is 0 Å². The number of hydrazine groups is 1. The van der Waals surface area contributed by atoms with Gasteiger partial charge >= 0.3 is 0 Å². The minimum atomic E-state index is -0.133. The molecule has 1 heterocycles. The zero-order valence-corrected chi connectivity index (χ0v) is 9.53. The molecule has 1 amide bonds. The van der Waals surface area contributed by atoms with Gasteiger partial charge in [-0.15, -0.1) is 0 Å². The maximum Gasteiger partial charge on any atom is 0.251 e. The van der Waals surface area contributed by atoms with E-state index < -0.39 is 0 Å². The van der Waals surface area contributed by atoms with E-state index in [2.05, 4.69) is 17.2 Å². The SMILES string of the molecule is CCCC(C(=O)NN)N(C)C1CCOC1. The van der Waals surface area contributed by atoms with Gasteiger partial charge in [0.05, 0.1) is 12.6 Å². The molecule has 15 heavy (non-hydrogen) atoms. The van der Waals surface area contributed by atoms with E-state index in [1.165, 1.54) is 0 Å². The minimum Gasteiger partial charge on any atom is -0.380 e. The molecule has 0 aromatic heterocycles. The van der Waals surface area contributed by atoms with Crippen molar-refractivity contribution in [3.05, 3.63) is 0 Å². The number of carbonyl (C=O) groups is 1.